The van der Waals surface area contributed by atoms with Crippen LogP contribution in [-0.4, -0.2) is 54.4 Å². The molecule has 0 saturated heterocycles. The van der Waals surface area contributed by atoms with E-state index in [-0.39, 0.29) is 24.4 Å². The average molecular weight is 753 g/mol. The van der Waals surface area contributed by atoms with Crippen LogP contribution in [0.25, 0.3) is 0 Å². The van der Waals surface area contributed by atoms with E-state index in [1.165, 1.54) is 24.3 Å². The molecule has 0 saturated carbocycles. The predicted octanol–water partition coefficient (Wildman–Crippen LogP) is 12.1. The summed E-state index contributed by atoms with van der Waals surface area (Å²) in [6.45, 7) is 10.9. The van der Waals surface area contributed by atoms with Crippen LogP contribution in [-0.2, 0) is 11.3 Å². The van der Waals surface area contributed by atoms with Crippen LogP contribution in [0.4, 0.5) is 65.9 Å². The lowest BCUT2D eigenvalue weighted by Crippen LogP contribution is -2.72. The van der Waals surface area contributed by atoms with Gasteiger partial charge in [0.05, 0.1) is 19.3 Å². The number of benzene rings is 1. The van der Waals surface area contributed by atoms with Gasteiger partial charge in [0.15, 0.2) is 0 Å². The molecule has 288 valence electrons. The van der Waals surface area contributed by atoms with Crippen LogP contribution < -0.4 is 4.74 Å². The Morgan fingerprint density at radius 3 is 1.64 bits per heavy atom. The van der Waals surface area contributed by atoms with E-state index < -0.39 is 61.2 Å². The Hall–Kier alpha value is -2.85. The van der Waals surface area contributed by atoms with Gasteiger partial charge in [-0.25, -0.2) is 0 Å². The van der Waals surface area contributed by atoms with E-state index in [0.29, 0.717) is 17.4 Å². The zero-order valence-electron chi connectivity index (χ0n) is 27.4. The van der Waals surface area contributed by atoms with Crippen LogP contribution in [0, 0.1) is 17.8 Å². The molecule has 0 fully saturated rings. The van der Waals surface area contributed by atoms with Crippen molar-refractivity contribution in [3.63, 3.8) is 0 Å². The van der Waals surface area contributed by atoms with Crippen molar-refractivity contribution < 1.29 is 75.3 Å². The standard InChI is InChI=1S/C33H39F15O2/c1-6-21(2)10-7-11-22(3)12-8-13-23(4)24(5)50-20-25-14-16-26(17-15-25)49-19-9-18-27(34,35)28(36,37)29(38,39)30(40,41)31(42,43)32(44,45)33(46,47)48/h6-8,11,13-17,21-24H,1,9-10,12,18-20H2,2-5H3/b11-7+,13-8+/t21-,22+,23-,24+/m1/s1. The molecular formula is C33H39F15O2. The van der Waals surface area contributed by atoms with Crippen molar-refractivity contribution in [3.8, 4) is 5.75 Å². The summed E-state index contributed by atoms with van der Waals surface area (Å²) in [5, 5.41) is 0. The van der Waals surface area contributed by atoms with Gasteiger partial charge in [0.1, 0.15) is 5.75 Å². The highest BCUT2D eigenvalue weighted by atomic mass is 19.4. The molecule has 1 aromatic rings. The van der Waals surface area contributed by atoms with Gasteiger partial charge in [0.25, 0.3) is 0 Å². The minimum absolute atomic E-state index is 0.0450. The van der Waals surface area contributed by atoms with E-state index in [4.69, 9.17) is 9.47 Å². The largest absolute Gasteiger partial charge is 0.494 e. The summed E-state index contributed by atoms with van der Waals surface area (Å²) in [7, 11) is 0. The lowest BCUT2D eigenvalue weighted by molar-refractivity contribution is -0.452. The van der Waals surface area contributed by atoms with Crippen molar-refractivity contribution in [2.45, 2.75) is 108 Å². The molecule has 1 rings (SSSR count). The number of allylic oxidation sites excluding steroid dienone is 4. The summed E-state index contributed by atoms with van der Waals surface area (Å²) in [6.07, 6.45) is 0.371. The quantitative estimate of drug-likeness (QED) is 0.0707. The van der Waals surface area contributed by atoms with Gasteiger partial charge >= 0.3 is 41.7 Å². The second-order valence-corrected chi connectivity index (χ2v) is 12.1. The van der Waals surface area contributed by atoms with Crippen molar-refractivity contribution in [1.82, 2.24) is 0 Å². The van der Waals surface area contributed by atoms with Crippen LogP contribution in [0.2, 0.25) is 0 Å². The number of hydrogen-bond acceptors (Lipinski definition) is 2. The van der Waals surface area contributed by atoms with E-state index in [1.54, 1.807) is 0 Å². The maximum atomic E-state index is 14.0. The topological polar surface area (TPSA) is 18.5 Å². The first-order valence-electron chi connectivity index (χ1n) is 15.2. The SMILES string of the molecule is C=C[C@@H](C)C/C=C/[C@H](C)C/C=C/[C@@H](C)[C@H](C)OCc1ccc(OCCCC(F)(F)C(F)(F)C(F)(F)C(F)(F)C(F)(F)C(F)(F)C(F)(F)F)cc1. The molecule has 50 heavy (non-hydrogen) atoms. The molecule has 2 nitrogen and oxygen atoms in total. The van der Waals surface area contributed by atoms with Crippen LogP contribution in [0.1, 0.15) is 58.9 Å². The van der Waals surface area contributed by atoms with Crippen LogP contribution in [0.3, 0.4) is 0 Å². The number of rotatable bonds is 21. The summed E-state index contributed by atoms with van der Waals surface area (Å²) in [5.41, 5.74) is 0.620. The van der Waals surface area contributed by atoms with E-state index in [9.17, 15) is 65.9 Å². The fraction of sp³-hybridized carbons (Fsp3) is 0.636. The molecule has 0 N–H and O–H groups in total. The minimum atomic E-state index is -8.29. The molecule has 0 radical (unpaired) electrons. The van der Waals surface area contributed by atoms with Gasteiger partial charge in [0, 0.05) is 6.42 Å². The fourth-order valence-electron chi connectivity index (χ4n) is 4.07. The van der Waals surface area contributed by atoms with Gasteiger partial charge < -0.3 is 9.47 Å². The van der Waals surface area contributed by atoms with Crippen molar-refractivity contribution in [2.24, 2.45) is 17.8 Å². The minimum Gasteiger partial charge on any atom is -0.494 e. The molecule has 1 aromatic carbocycles. The molecule has 0 unspecified atom stereocenters. The molecule has 0 aliphatic rings. The zero-order valence-corrected chi connectivity index (χ0v) is 27.4. The van der Waals surface area contributed by atoms with E-state index in [0.717, 1.165) is 12.8 Å². The third-order valence-electron chi connectivity index (χ3n) is 7.80. The second-order valence-electron chi connectivity index (χ2n) is 12.1. The Balaban J connectivity index is 2.71. The first-order valence-corrected chi connectivity index (χ1v) is 15.2. The summed E-state index contributed by atoms with van der Waals surface area (Å²) in [5.74, 6) is -45.7. The predicted molar refractivity (Wildman–Crippen MR) is 156 cm³/mol. The molecule has 0 aliphatic carbocycles. The number of hydrogen-bond donors (Lipinski definition) is 0. The first kappa shape index (κ1) is 45.2. The Kier molecular flexibility index (Phi) is 15.5. The van der Waals surface area contributed by atoms with E-state index >= 15 is 0 Å². The molecule has 0 spiro atoms. The number of halogens is 15. The van der Waals surface area contributed by atoms with Crippen molar-refractivity contribution >= 4 is 0 Å². The van der Waals surface area contributed by atoms with Gasteiger partial charge in [-0.05, 0) is 61.6 Å². The van der Waals surface area contributed by atoms with E-state index in [1.807, 2.05) is 26.0 Å². The molecule has 0 amide bonds. The molecule has 0 heterocycles. The number of alkyl halides is 15. The lowest BCUT2D eigenvalue weighted by Gasteiger charge is -2.41. The Labute approximate surface area is 280 Å². The van der Waals surface area contributed by atoms with E-state index in [2.05, 4.69) is 38.7 Å². The average Bonchev–Trinajstić information content (AvgIpc) is 3.01. The maximum Gasteiger partial charge on any atom is 0.460 e. The fourth-order valence-corrected chi connectivity index (χ4v) is 4.07. The van der Waals surface area contributed by atoms with Gasteiger partial charge in [-0.15, -0.1) is 6.58 Å². The Morgan fingerprint density at radius 2 is 1.12 bits per heavy atom. The van der Waals surface area contributed by atoms with Gasteiger partial charge in [-0.2, -0.15) is 65.9 Å². The molecular weight excluding hydrogens is 713 g/mol. The Bertz CT molecular complexity index is 1250. The summed E-state index contributed by atoms with van der Waals surface area (Å²) in [4.78, 5) is 0. The van der Waals surface area contributed by atoms with Crippen LogP contribution in [0.15, 0.2) is 61.2 Å². The molecule has 0 bridgehead atoms. The third kappa shape index (κ3) is 10.4. The summed E-state index contributed by atoms with van der Waals surface area (Å²) < 4.78 is 211. The number of ether oxygens (including phenoxy) is 2. The summed E-state index contributed by atoms with van der Waals surface area (Å²) >= 11 is 0. The van der Waals surface area contributed by atoms with Gasteiger partial charge in [0.2, 0.25) is 0 Å². The van der Waals surface area contributed by atoms with Gasteiger partial charge in [-0.1, -0.05) is 63.3 Å². The molecule has 4 atom stereocenters. The summed E-state index contributed by atoms with van der Waals surface area (Å²) in [6, 6.07) is 5.54. The van der Waals surface area contributed by atoms with Crippen LogP contribution >= 0.6 is 0 Å². The highest BCUT2D eigenvalue weighted by molar-refractivity contribution is 5.27. The monoisotopic (exact) mass is 752 g/mol. The highest BCUT2D eigenvalue weighted by Crippen LogP contribution is 2.62. The first-order chi connectivity index (χ1) is 22.6. The Morgan fingerprint density at radius 1 is 0.640 bits per heavy atom. The lowest BCUT2D eigenvalue weighted by atomic mass is 9.90. The maximum absolute atomic E-state index is 14.0. The van der Waals surface area contributed by atoms with Crippen LogP contribution in [0.5, 0.6) is 5.75 Å². The smallest absolute Gasteiger partial charge is 0.460 e. The highest BCUT2D eigenvalue weighted by Gasteiger charge is 2.93. The van der Waals surface area contributed by atoms with Crippen molar-refractivity contribution in [2.75, 3.05) is 6.61 Å². The molecule has 0 aliphatic heterocycles. The second kappa shape index (κ2) is 17.1. The van der Waals surface area contributed by atoms with Crippen molar-refractivity contribution in [1.29, 1.82) is 0 Å². The van der Waals surface area contributed by atoms with Gasteiger partial charge in [-0.3, -0.25) is 0 Å². The third-order valence-corrected chi connectivity index (χ3v) is 7.80. The molecule has 17 heteroatoms. The van der Waals surface area contributed by atoms with Crippen molar-refractivity contribution in [3.05, 3.63) is 66.8 Å². The normalized spacial score (nSPS) is 16.9. The molecule has 0 aromatic heterocycles. The zero-order chi connectivity index (χ0) is 39.0.